The highest BCUT2D eigenvalue weighted by atomic mass is 28.3. The highest BCUT2D eigenvalue weighted by Gasteiger charge is 2.08. The number of allylic oxidation sites excluding steroid dienone is 1. The average molecular weight is 204 g/mol. The molecule has 0 bridgehead atoms. The molecule has 0 aromatic heterocycles. The minimum Gasteiger partial charge on any atom is -0.0983 e. The van der Waals surface area contributed by atoms with Crippen LogP contribution in [0.15, 0.2) is 42.1 Å². The van der Waals surface area contributed by atoms with E-state index in [-0.39, 0.29) is 0 Å². The van der Waals surface area contributed by atoms with Crippen LogP contribution in [0.1, 0.15) is 18.4 Å². The molecule has 0 spiro atoms. The van der Waals surface area contributed by atoms with Crippen molar-refractivity contribution < 1.29 is 0 Å². The van der Waals surface area contributed by atoms with Crippen molar-refractivity contribution in [3.05, 3.63) is 47.7 Å². The van der Waals surface area contributed by atoms with Crippen LogP contribution < -0.4 is 0 Å². The molecule has 0 N–H and O–H groups in total. The first-order valence-corrected chi connectivity index (χ1v) is 8.81. The molecule has 76 valence electrons. The van der Waals surface area contributed by atoms with E-state index in [0.717, 1.165) is 0 Å². The molecule has 0 radical (unpaired) electrons. The van der Waals surface area contributed by atoms with Crippen LogP contribution in [0.2, 0.25) is 19.6 Å². The number of hydrogen-bond acceptors (Lipinski definition) is 0. The van der Waals surface area contributed by atoms with Gasteiger partial charge < -0.3 is 0 Å². The van der Waals surface area contributed by atoms with Gasteiger partial charge in [0, 0.05) is 0 Å². The fourth-order valence-corrected chi connectivity index (χ4v) is 2.17. The van der Waals surface area contributed by atoms with Gasteiger partial charge in [-0.2, -0.15) is 0 Å². The summed E-state index contributed by atoms with van der Waals surface area (Å²) in [6, 6.07) is 10.7. The third-order valence-electron chi connectivity index (χ3n) is 2.21. The van der Waals surface area contributed by atoms with Gasteiger partial charge in [-0.25, -0.2) is 0 Å². The Morgan fingerprint density at radius 2 is 1.64 bits per heavy atom. The Hall–Kier alpha value is -0.823. The van der Waals surface area contributed by atoms with Gasteiger partial charge in [-0.15, -0.1) is 0 Å². The SMILES string of the molecule is C[C@@H](/C=C/[Si](C)(C)C)c1ccccc1. The summed E-state index contributed by atoms with van der Waals surface area (Å²) in [7, 11) is -1.03. The summed E-state index contributed by atoms with van der Waals surface area (Å²) in [6.07, 6.45) is 2.35. The summed E-state index contributed by atoms with van der Waals surface area (Å²) in [5, 5.41) is 0. The summed E-state index contributed by atoms with van der Waals surface area (Å²) in [4.78, 5) is 0. The monoisotopic (exact) mass is 204 g/mol. The van der Waals surface area contributed by atoms with Crippen molar-refractivity contribution in [3.8, 4) is 0 Å². The predicted molar refractivity (Wildman–Crippen MR) is 67.3 cm³/mol. The third kappa shape index (κ3) is 3.92. The van der Waals surface area contributed by atoms with Gasteiger partial charge >= 0.3 is 0 Å². The maximum atomic E-state index is 2.42. The standard InChI is InChI=1S/C13H20Si/c1-12(10-11-14(2,3)4)13-8-6-5-7-9-13/h5-12H,1-4H3/b11-10+/t12-/m0/s1. The van der Waals surface area contributed by atoms with Crippen LogP contribution in [0.5, 0.6) is 0 Å². The van der Waals surface area contributed by atoms with Crippen molar-refractivity contribution in [1.29, 1.82) is 0 Å². The normalized spacial score (nSPS) is 14.6. The van der Waals surface area contributed by atoms with E-state index in [1.165, 1.54) is 5.56 Å². The molecule has 1 aromatic rings. The molecular formula is C13H20Si. The topological polar surface area (TPSA) is 0 Å². The van der Waals surface area contributed by atoms with Crippen LogP contribution in [0.3, 0.4) is 0 Å². The lowest BCUT2D eigenvalue weighted by Crippen LogP contribution is -2.15. The Kier molecular flexibility index (Phi) is 3.70. The average Bonchev–Trinajstić information content (AvgIpc) is 2.14. The van der Waals surface area contributed by atoms with Crippen LogP contribution in [0, 0.1) is 0 Å². The minimum absolute atomic E-state index is 0.544. The molecule has 0 saturated carbocycles. The molecule has 0 aliphatic rings. The quantitative estimate of drug-likeness (QED) is 0.647. The molecule has 14 heavy (non-hydrogen) atoms. The van der Waals surface area contributed by atoms with E-state index >= 15 is 0 Å². The van der Waals surface area contributed by atoms with E-state index in [9.17, 15) is 0 Å². The van der Waals surface area contributed by atoms with Crippen LogP contribution in [0.25, 0.3) is 0 Å². The van der Waals surface area contributed by atoms with Crippen LogP contribution in [-0.2, 0) is 0 Å². The van der Waals surface area contributed by atoms with Gasteiger partial charge in [-0.1, -0.05) is 68.7 Å². The Morgan fingerprint density at radius 3 is 2.14 bits per heavy atom. The Labute approximate surface area is 88.7 Å². The fourth-order valence-electron chi connectivity index (χ4n) is 1.30. The summed E-state index contributed by atoms with van der Waals surface area (Å²) in [6.45, 7) is 9.34. The maximum Gasteiger partial charge on any atom is 0.0683 e. The second-order valence-corrected chi connectivity index (χ2v) is 9.99. The fraction of sp³-hybridized carbons (Fsp3) is 0.385. The van der Waals surface area contributed by atoms with E-state index < -0.39 is 8.07 Å². The minimum atomic E-state index is -1.03. The molecule has 0 heterocycles. The van der Waals surface area contributed by atoms with E-state index in [1.807, 2.05) is 0 Å². The molecular weight excluding hydrogens is 184 g/mol. The zero-order chi connectivity index (χ0) is 10.6. The molecule has 0 aliphatic carbocycles. The summed E-state index contributed by atoms with van der Waals surface area (Å²) < 4.78 is 0. The second-order valence-electron chi connectivity index (χ2n) is 4.92. The number of hydrogen-bond donors (Lipinski definition) is 0. The van der Waals surface area contributed by atoms with Gasteiger partial charge in [-0.05, 0) is 11.5 Å². The lowest BCUT2D eigenvalue weighted by atomic mass is 10.0. The molecule has 1 aromatic carbocycles. The second kappa shape index (κ2) is 4.60. The highest BCUT2D eigenvalue weighted by Crippen LogP contribution is 2.17. The van der Waals surface area contributed by atoms with Crippen LogP contribution in [-0.4, -0.2) is 8.07 Å². The van der Waals surface area contributed by atoms with E-state index in [2.05, 4.69) is 68.7 Å². The van der Waals surface area contributed by atoms with E-state index in [0.29, 0.717) is 5.92 Å². The molecule has 0 fully saturated rings. The van der Waals surface area contributed by atoms with Crippen LogP contribution in [0.4, 0.5) is 0 Å². The molecule has 0 nitrogen and oxygen atoms in total. The van der Waals surface area contributed by atoms with Crippen molar-refractivity contribution in [2.24, 2.45) is 0 Å². The zero-order valence-corrected chi connectivity index (χ0v) is 10.6. The van der Waals surface area contributed by atoms with Gasteiger partial charge in [-0.3, -0.25) is 0 Å². The Balaban J connectivity index is 2.69. The Morgan fingerprint density at radius 1 is 1.07 bits per heavy atom. The Bertz CT molecular complexity index is 293. The first kappa shape index (κ1) is 11.3. The molecule has 1 rings (SSSR count). The molecule has 0 aliphatic heterocycles. The molecule has 1 atom stereocenters. The van der Waals surface area contributed by atoms with E-state index in [4.69, 9.17) is 0 Å². The largest absolute Gasteiger partial charge is 0.0983 e. The maximum absolute atomic E-state index is 2.42. The molecule has 0 unspecified atom stereocenters. The van der Waals surface area contributed by atoms with Crippen LogP contribution >= 0.6 is 0 Å². The lowest BCUT2D eigenvalue weighted by Gasteiger charge is -2.11. The van der Waals surface area contributed by atoms with Gasteiger partial charge in [0.15, 0.2) is 0 Å². The van der Waals surface area contributed by atoms with E-state index in [1.54, 1.807) is 0 Å². The van der Waals surface area contributed by atoms with Crippen molar-refractivity contribution in [3.63, 3.8) is 0 Å². The van der Waals surface area contributed by atoms with Crippen molar-refractivity contribution in [2.75, 3.05) is 0 Å². The number of benzene rings is 1. The first-order chi connectivity index (χ1) is 6.49. The predicted octanol–water partition coefficient (Wildman–Crippen LogP) is 4.22. The zero-order valence-electron chi connectivity index (χ0n) is 9.62. The third-order valence-corrected chi connectivity index (χ3v) is 3.40. The van der Waals surface area contributed by atoms with Crippen molar-refractivity contribution in [2.45, 2.75) is 32.5 Å². The van der Waals surface area contributed by atoms with Crippen molar-refractivity contribution in [1.82, 2.24) is 0 Å². The summed E-state index contributed by atoms with van der Waals surface area (Å²) in [5.74, 6) is 0.544. The summed E-state index contributed by atoms with van der Waals surface area (Å²) in [5.41, 5.74) is 3.83. The molecule has 0 amide bonds. The molecule has 0 saturated heterocycles. The summed E-state index contributed by atoms with van der Waals surface area (Å²) >= 11 is 0. The smallest absolute Gasteiger partial charge is 0.0683 e. The van der Waals surface area contributed by atoms with Gasteiger partial charge in [0.25, 0.3) is 0 Å². The molecule has 1 heteroatoms. The van der Waals surface area contributed by atoms with Crippen molar-refractivity contribution >= 4 is 8.07 Å². The van der Waals surface area contributed by atoms with Gasteiger partial charge in [0.1, 0.15) is 0 Å². The first-order valence-electron chi connectivity index (χ1n) is 5.23. The van der Waals surface area contributed by atoms with Gasteiger partial charge in [0.2, 0.25) is 0 Å². The lowest BCUT2D eigenvalue weighted by molar-refractivity contribution is 0.969. The van der Waals surface area contributed by atoms with Gasteiger partial charge in [0.05, 0.1) is 8.07 Å². The number of rotatable bonds is 3. The highest BCUT2D eigenvalue weighted by molar-refractivity contribution is 6.80.